The summed E-state index contributed by atoms with van der Waals surface area (Å²) in [4.78, 5) is 0. The monoisotopic (exact) mass is 490 g/mol. The van der Waals surface area contributed by atoms with Crippen LogP contribution in [0.25, 0.3) is 0 Å². The fraction of sp³-hybridized carbons (Fsp3) is 0.514. The fourth-order valence-corrected chi connectivity index (χ4v) is 10.8. The summed E-state index contributed by atoms with van der Waals surface area (Å²) < 4.78 is 0. The van der Waals surface area contributed by atoms with Gasteiger partial charge in [0.1, 0.15) is 0 Å². The Morgan fingerprint density at radius 1 is 0.676 bits per heavy atom. The summed E-state index contributed by atoms with van der Waals surface area (Å²) in [6.45, 7) is 25.3. The molecular formula is C37H46. The highest BCUT2D eigenvalue weighted by molar-refractivity contribution is 5.65. The number of hydrogen-bond donors (Lipinski definition) is 0. The molecule has 194 valence electrons. The van der Waals surface area contributed by atoms with E-state index in [1.54, 1.807) is 22.3 Å². The molecule has 6 aliphatic rings. The van der Waals surface area contributed by atoms with E-state index in [2.05, 4.69) is 142 Å². The van der Waals surface area contributed by atoms with Gasteiger partial charge in [-0.05, 0) is 55.7 Å². The lowest BCUT2D eigenvalue weighted by Gasteiger charge is -2.79. The van der Waals surface area contributed by atoms with Crippen molar-refractivity contribution in [1.29, 1.82) is 0 Å². The van der Waals surface area contributed by atoms with Crippen LogP contribution >= 0.6 is 0 Å². The zero-order valence-electron chi connectivity index (χ0n) is 24.8. The van der Waals surface area contributed by atoms with Crippen LogP contribution in [0.3, 0.4) is 0 Å². The normalized spacial score (nSPS) is 49.0. The van der Waals surface area contributed by atoms with Crippen molar-refractivity contribution in [2.75, 3.05) is 0 Å². The van der Waals surface area contributed by atoms with E-state index in [0.29, 0.717) is 0 Å². The Morgan fingerprint density at radius 2 is 1.19 bits per heavy atom. The topological polar surface area (TPSA) is 0 Å². The highest BCUT2D eigenvalue weighted by Crippen LogP contribution is 2.88. The zero-order chi connectivity index (χ0) is 26.9. The first-order valence-corrected chi connectivity index (χ1v) is 14.4. The lowest BCUT2D eigenvalue weighted by molar-refractivity contribution is -0.253. The van der Waals surface area contributed by atoms with Crippen molar-refractivity contribution in [2.45, 2.75) is 82.1 Å². The molecule has 7 unspecified atom stereocenters. The van der Waals surface area contributed by atoms with Crippen molar-refractivity contribution in [1.82, 2.24) is 0 Å². The Hall–Kier alpha value is -2.34. The van der Waals surface area contributed by atoms with E-state index in [4.69, 9.17) is 0 Å². The number of hydrogen-bond acceptors (Lipinski definition) is 0. The van der Waals surface area contributed by atoms with Crippen LogP contribution in [0.15, 0.2) is 106 Å². The van der Waals surface area contributed by atoms with Crippen LogP contribution in [0.4, 0.5) is 0 Å². The zero-order valence-corrected chi connectivity index (χ0v) is 24.8. The summed E-state index contributed by atoms with van der Waals surface area (Å²) in [5, 5.41) is 0. The Labute approximate surface area is 226 Å². The van der Waals surface area contributed by atoms with Crippen molar-refractivity contribution in [2.24, 2.45) is 37.9 Å². The molecule has 1 fully saturated rings. The maximum Gasteiger partial charge on any atom is 0.0173 e. The summed E-state index contributed by atoms with van der Waals surface area (Å²) in [5.41, 5.74) is 8.98. The molecule has 0 aromatic rings. The van der Waals surface area contributed by atoms with Gasteiger partial charge in [0.25, 0.3) is 0 Å². The molecule has 6 rings (SSSR count). The minimum Gasteiger partial charge on any atom is -0.0801 e. The second-order valence-corrected chi connectivity index (χ2v) is 14.3. The number of fused-ring (bicyclic) bond motifs is 8. The van der Waals surface area contributed by atoms with Crippen LogP contribution in [0, 0.1) is 37.9 Å². The van der Waals surface area contributed by atoms with E-state index in [1.807, 2.05) is 0 Å². The summed E-state index contributed by atoms with van der Waals surface area (Å²) in [7, 11) is 0. The molecule has 0 saturated heterocycles. The predicted octanol–water partition coefficient (Wildman–Crippen LogP) is 10.2. The van der Waals surface area contributed by atoms with Crippen LogP contribution in [0.2, 0.25) is 0 Å². The van der Waals surface area contributed by atoms with Crippen LogP contribution in [0.1, 0.15) is 82.1 Å². The Balaban J connectivity index is 1.76. The van der Waals surface area contributed by atoms with E-state index >= 15 is 0 Å². The first-order valence-electron chi connectivity index (χ1n) is 14.4. The lowest BCUT2D eigenvalue weighted by atomic mass is 9.23. The minimum atomic E-state index is -0.0581. The van der Waals surface area contributed by atoms with Crippen LogP contribution in [-0.2, 0) is 0 Å². The average molecular weight is 491 g/mol. The summed E-state index contributed by atoms with van der Waals surface area (Å²) in [6, 6.07) is 0. The smallest absolute Gasteiger partial charge is 0.0173 e. The molecule has 37 heavy (non-hydrogen) atoms. The molecule has 1 saturated carbocycles. The molecule has 0 spiro atoms. The summed E-state index contributed by atoms with van der Waals surface area (Å²) in [6.07, 6.45) is 31.4. The van der Waals surface area contributed by atoms with Crippen molar-refractivity contribution < 1.29 is 0 Å². The third-order valence-corrected chi connectivity index (χ3v) is 13.9. The standard InChI is InChI=1S/C37H46/c1-25(2)29-23-28-24-35(8)33(6)21-14-13-19-31(33,4)32(5)20-15-16-22-34(32,7)37(35,10)36(28,9)26(3)30(29)27-17-11-12-18-27/h11-17,19-22,24H,18,23H2,1-10H3. The van der Waals surface area contributed by atoms with E-state index < -0.39 is 0 Å². The summed E-state index contributed by atoms with van der Waals surface area (Å²) in [5.74, 6) is 0. The van der Waals surface area contributed by atoms with Gasteiger partial charge in [-0.25, -0.2) is 0 Å². The van der Waals surface area contributed by atoms with Crippen molar-refractivity contribution >= 4 is 0 Å². The quantitative estimate of drug-likeness (QED) is 0.321. The van der Waals surface area contributed by atoms with Crippen molar-refractivity contribution in [3.05, 3.63) is 106 Å². The van der Waals surface area contributed by atoms with Gasteiger partial charge in [0.15, 0.2) is 0 Å². The highest BCUT2D eigenvalue weighted by atomic mass is 14.9. The second kappa shape index (κ2) is 6.99. The molecule has 0 aromatic heterocycles. The maximum atomic E-state index is 2.79. The molecule has 0 radical (unpaired) electrons. The van der Waals surface area contributed by atoms with Gasteiger partial charge in [-0.3, -0.25) is 0 Å². The van der Waals surface area contributed by atoms with Gasteiger partial charge in [-0.15, -0.1) is 0 Å². The van der Waals surface area contributed by atoms with E-state index in [-0.39, 0.29) is 37.9 Å². The van der Waals surface area contributed by atoms with Gasteiger partial charge in [0, 0.05) is 32.5 Å². The number of rotatable bonds is 1. The lowest BCUT2D eigenvalue weighted by Crippen LogP contribution is -2.75. The van der Waals surface area contributed by atoms with Gasteiger partial charge in [-0.2, -0.15) is 0 Å². The molecule has 0 aromatic carbocycles. The molecule has 7 atom stereocenters. The Morgan fingerprint density at radius 3 is 1.70 bits per heavy atom. The first-order chi connectivity index (χ1) is 17.2. The van der Waals surface area contributed by atoms with Gasteiger partial charge in [0.2, 0.25) is 0 Å². The van der Waals surface area contributed by atoms with E-state index in [0.717, 1.165) is 12.8 Å². The molecule has 6 aliphatic carbocycles. The minimum absolute atomic E-state index is 0.0301. The van der Waals surface area contributed by atoms with Gasteiger partial charge in [0.05, 0.1) is 0 Å². The average Bonchev–Trinajstić information content (AvgIpc) is 3.44. The van der Waals surface area contributed by atoms with Gasteiger partial charge in [-0.1, -0.05) is 138 Å². The maximum absolute atomic E-state index is 2.79. The molecule has 0 nitrogen and oxygen atoms in total. The van der Waals surface area contributed by atoms with Gasteiger partial charge < -0.3 is 0 Å². The SMILES string of the molecule is CC(C)=C1CC2=CC3(C)C4(C)C=CC=CC4(C)C4(C)C=CC=CC4(C)C3(C)C2(C)C(C)=C1C1=CC=CC1. The molecule has 0 amide bonds. The molecule has 0 aliphatic heterocycles. The molecule has 0 N–H and O–H groups in total. The highest BCUT2D eigenvalue weighted by Gasteiger charge is 2.83. The van der Waals surface area contributed by atoms with Crippen LogP contribution in [0.5, 0.6) is 0 Å². The number of allylic oxidation sites excluding steroid dienone is 18. The first kappa shape index (κ1) is 25.0. The van der Waals surface area contributed by atoms with E-state index in [9.17, 15) is 0 Å². The molecular weight excluding hydrogens is 444 g/mol. The van der Waals surface area contributed by atoms with E-state index in [1.165, 1.54) is 11.1 Å². The largest absolute Gasteiger partial charge is 0.0801 e. The van der Waals surface area contributed by atoms with Gasteiger partial charge >= 0.3 is 0 Å². The molecule has 0 bridgehead atoms. The van der Waals surface area contributed by atoms with Crippen molar-refractivity contribution in [3.8, 4) is 0 Å². The third-order valence-electron chi connectivity index (χ3n) is 13.9. The van der Waals surface area contributed by atoms with Crippen LogP contribution in [-0.4, -0.2) is 0 Å². The van der Waals surface area contributed by atoms with Crippen LogP contribution < -0.4 is 0 Å². The Kier molecular flexibility index (Phi) is 4.72. The van der Waals surface area contributed by atoms with Crippen molar-refractivity contribution in [3.63, 3.8) is 0 Å². The fourth-order valence-electron chi connectivity index (χ4n) is 10.8. The predicted molar refractivity (Wildman–Crippen MR) is 159 cm³/mol. The second-order valence-electron chi connectivity index (χ2n) is 14.3. The molecule has 0 heterocycles. The molecule has 0 heteroatoms. The Bertz CT molecular complexity index is 1390. The summed E-state index contributed by atoms with van der Waals surface area (Å²) >= 11 is 0. The third kappa shape index (κ3) is 2.24.